The number of aromatic nitrogens is 1. The van der Waals surface area contributed by atoms with Crippen molar-refractivity contribution in [3.05, 3.63) is 23.5 Å². The molecule has 1 aromatic heterocycles. The summed E-state index contributed by atoms with van der Waals surface area (Å²) < 4.78 is 5.01. The smallest absolute Gasteiger partial charge is 0.150 e. The van der Waals surface area contributed by atoms with E-state index in [1.807, 2.05) is 13.8 Å². The van der Waals surface area contributed by atoms with Crippen LogP contribution in [0.2, 0.25) is 0 Å². The van der Waals surface area contributed by atoms with E-state index in [-0.39, 0.29) is 0 Å². The van der Waals surface area contributed by atoms with Gasteiger partial charge in [-0.3, -0.25) is 4.98 Å². The van der Waals surface area contributed by atoms with Gasteiger partial charge in [-0.15, -0.1) is 0 Å². The van der Waals surface area contributed by atoms with Crippen molar-refractivity contribution in [2.45, 2.75) is 13.8 Å². The third-order valence-corrected chi connectivity index (χ3v) is 1.56. The average Bonchev–Trinajstić information content (AvgIpc) is 1.95. The molecule has 1 heterocycles. The van der Waals surface area contributed by atoms with E-state index in [1.54, 1.807) is 13.3 Å². The molecule has 0 saturated carbocycles. The maximum atomic E-state index is 5.01. The van der Waals surface area contributed by atoms with E-state index in [9.17, 15) is 0 Å². The zero-order chi connectivity index (χ0) is 7.56. The third kappa shape index (κ3) is 1.10. The summed E-state index contributed by atoms with van der Waals surface area (Å²) in [7, 11) is 1.62. The summed E-state index contributed by atoms with van der Waals surface area (Å²) in [5.41, 5.74) is 2.24. The van der Waals surface area contributed by atoms with Crippen LogP contribution in [0.5, 0.6) is 5.75 Å². The first kappa shape index (κ1) is 7.06. The van der Waals surface area contributed by atoms with Crippen LogP contribution in [0.3, 0.4) is 0 Å². The van der Waals surface area contributed by atoms with Gasteiger partial charge >= 0.3 is 0 Å². The van der Waals surface area contributed by atoms with Gasteiger partial charge in [0, 0.05) is 6.20 Å². The van der Waals surface area contributed by atoms with Gasteiger partial charge in [-0.2, -0.15) is 0 Å². The lowest BCUT2D eigenvalue weighted by atomic mass is 10.2. The minimum Gasteiger partial charge on any atom is -0.494 e. The van der Waals surface area contributed by atoms with Gasteiger partial charge in [-0.05, 0) is 25.0 Å². The van der Waals surface area contributed by atoms with Crippen molar-refractivity contribution in [1.29, 1.82) is 0 Å². The zero-order valence-electron chi connectivity index (χ0n) is 6.43. The molecule has 0 N–H and O–H groups in total. The van der Waals surface area contributed by atoms with Crippen molar-refractivity contribution >= 4 is 0 Å². The molecule has 2 nitrogen and oxygen atoms in total. The van der Waals surface area contributed by atoms with Crippen LogP contribution in [0.25, 0.3) is 0 Å². The van der Waals surface area contributed by atoms with Crippen molar-refractivity contribution in [3.8, 4) is 5.75 Å². The highest BCUT2D eigenvalue weighted by Crippen LogP contribution is 2.16. The molecule has 1 radical (unpaired) electrons. The molecule has 0 unspecified atom stereocenters. The molecular formula is C8H10NO. The number of hydrogen-bond acceptors (Lipinski definition) is 2. The fraction of sp³-hybridized carbons (Fsp3) is 0.375. The number of aryl methyl sites for hydroxylation is 1. The highest BCUT2D eigenvalue weighted by molar-refractivity contribution is 5.33. The summed E-state index contributed by atoms with van der Waals surface area (Å²) in [6, 6.07) is 0. The van der Waals surface area contributed by atoms with Gasteiger partial charge in [-0.1, -0.05) is 0 Å². The predicted octanol–water partition coefficient (Wildman–Crippen LogP) is 1.51. The van der Waals surface area contributed by atoms with Crippen LogP contribution >= 0.6 is 0 Å². The summed E-state index contributed by atoms with van der Waals surface area (Å²) in [5.74, 6) is 0.736. The van der Waals surface area contributed by atoms with Crippen LogP contribution in [-0.4, -0.2) is 12.1 Å². The number of rotatable bonds is 1. The maximum absolute atomic E-state index is 5.01. The molecule has 1 aromatic rings. The standard InChI is InChI=1S/C8H10NO/c1-6-4-9-5-8(10-3)7(6)2/h4H,1-3H3. The molecule has 1 rings (SSSR count). The van der Waals surface area contributed by atoms with E-state index in [4.69, 9.17) is 4.74 Å². The van der Waals surface area contributed by atoms with Gasteiger partial charge < -0.3 is 4.74 Å². The van der Waals surface area contributed by atoms with Crippen LogP contribution in [0, 0.1) is 20.0 Å². The molecule has 0 aliphatic carbocycles. The number of ether oxygens (including phenoxy) is 1. The first-order valence-corrected chi connectivity index (χ1v) is 3.13. The Bertz CT molecular complexity index is 233. The number of methoxy groups -OCH3 is 1. The van der Waals surface area contributed by atoms with E-state index in [2.05, 4.69) is 11.2 Å². The van der Waals surface area contributed by atoms with Gasteiger partial charge in [0.25, 0.3) is 0 Å². The Morgan fingerprint density at radius 2 is 2.20 bits per heavy atom. The van der Waals surface area contributed by atoms with E-state index < -0.39 is 0 Å². The predicted molar refractivity (Wildman–Crippen MR) is 39.1 cm³/mol. The van der Waals surface area contributed by atoms with Gasteiger partial charge in [0.1, 0.15) is 11.9 Å². The van der Waals surface area contributed by atoms with E-state index in [0.29, 0.717) is 0 Å². The summed E-state index contributed by atoms with van der Waals surface area (Å²) in [6.07, 6.45) is 4.53. The van der Waals surface area contributed by atoms with Gasteiger partial charge in [0.05, 0.1) is 7.11 Å². The molecule has 0 spiro atoms. The second kappa shape index (κ2) is 2.69. The molecule has 0 amide bonds. The molecule has 0 aromatic carbocycles. The van der Waals surface area contributed by atoms with Crippen LogP contribution < -0.4 is 4.74 Å². The molecule has 0 bridgehead atoms. The zero-order valence-corrected chi connectivity index (χ0v) is 6.43. The Morgan fingerprint density at radius 3 is 2.70 bits per heavy atom. The molecule has 0 fully saturated rings. The van der Waals surface area contributed by atoms with Crippen LogP contribution in [0.1, 0.15) is 11.1 Å². The van der Waals surface area contributed by atoms with Gasteiger partial charge in [0.15, 0.2) is 0 Å². The van der Waals surface area contributed by atoms with Crippen molar-refractivity contribution in [2.24, 2.45) is 0 Å². The first-order chi connectivity index (χ1) is 4.75. The van der Waals surface area contributed by atoms with Crippen molar-refractivity contribution in [1.82, 2.24) is 4.98 Å². The van der Waals surface area contributed by atoms with E-state index >= 15 is 0 Å². The highest BCUT2D eigenvalue weighted by Gasteiger charge is 1.99. The molecule has 10 heavy (non-hydrogen) atoms. The fourth-order valence-corrected chi connectivity index (χ4v) is 0.746. The van der Waals surface area contributed by atoms with E-state index in [1.165, 1.54) is 0 Å². The minimum atomic E-state index is 0.736. The lowest BCUT2D eigenvalue weighted by Crippen LogP contribution is -1.91. The lowest BCUT2D eigenvalue weighted by molar-refractivity contribution is 0.408. The highest BCUT2D eigenvalue weighted by atomic mass is 16.5. The second-order valence-corrected chi connectivity index (χ2v) is 2.21. The molecule has 0 atom stereocenters. The molecule has 53 valence electrons. The quantitative estimate of drug-likeness (QED) is 0.583. The Balaban J connectivity index is 3.14. The maximum Gasteiger partial charge on any atom is 0.150 e. The van der Waals surface area contributed by atoms with Crippen molar-refractivity contribution in [2.75, 3.05) is 7.11 Å². The van der Waals surface area contributed by atoms with Crippen molar-refractivity contribution < 1.29 is 4.74 Å². The average molecular weight is 136 g/mol. The molecule has 0 aliphatic heterocycles. The van der Waals surface area contributed by atoms with Gasteiger partial charge in [-0.25, -0.2) is 0 Å². The Hall–Kier alpha value is -1.05. The normalized spacial score (nSPS) is 9.50. The van der Waals surface area contributed by atoms with Crippen LogP contribution in [0.4, 0.5) is 0 Å². The SMILES string of the molecule is COc1[c]ncc(C)c1C. The minimum absolute atomic E-state index is 0.736. The summed E-state index contributed by atoms with van der Waals surface area (Å²) in [4.78, 5) is 3.87. The molecule has 0 aliphatic rings. The number of nitrogens with zero attached hydrogens (tertiary/aromatic N) is 1. The van der Waals surface area contributed by atoms with Crippen LogP contribution in [-0.2, 0) is 0 Å². The Morgan fingerprint density at radius 1 is 1.50 bits per heavy atom. The largest absolute Gasteiger partial charge is 0.494 e. The summed E-state index contributed by atoms with van der Waals surface area (Å²) >= 11 is 0. The number of pyridine rings is 1. The molecular weight excluding hydrogens is 126 g/mol. The van der Waals surface area contributed by atoms with E-state index in [0.717, 1.165) is 16.9 Å². The number of hydrogen-bond donors (Lipinski definition) is 0. The Labute approximate surface area is 60.9 Å². The van der Waals surface area contributed by atoms with Gasteiger partial charge in [0.2, 0.25) is 0 Å². The fourth-order valence-electron chi connectivity index (χ4n) is 0.746. The summed E-state index contributed by atoms with van der Waals surface area (Å²) in [5, 5.41) is 0. The topological polar surface area (TPSA) is 22.1 Å². The third-order valence-electron chi connectivity index (χ3n) is 1.56. The first-order valence-electron chi connectivity index (χ1n) is 3.13. The second-order valence-electron chi connectivity index (χ2n) is 2.21. The lowest BCUT2D eigenvalue weighted by Gasteiger charge is -2.03. The monoisotopic (exact) mass is 136 g/mol. The summed E-state index contributed by atoms with van der Waals surface area (Å²) in [6.45, 7) is 3.99. The van der Waals surface area contributed by atoms with Crippen LogP contribution in [0.15, 0.2) is 6.20 Å². The molecule has 2 heteroatoms. The molecule has 0 saturated heterocycles. The Kier molecular flexibility index (Phi) is 1.90. The van der Waals surface area contributed by atoms with Crippen molar-refractivity contribution in [3.63, 3.8) is 0 Å².